The molecule has 0 bridgehead atoms. The highest BCUT2D eigenvalue weighted by Gasteiger charge is 2.07. The molecule has 78 valence electrons. The Labute approximate surface area is 91.9 Å². The molecule has 0 heterocycles. The van der Waals surface area contributed by atoms with Gasteiger partial charge in [-0.2, -0.15) is 8.42 Å². The molecule has 2 aromatic carbocycles. The van der Waals surface area contributed by atoms with Crippen LogP contribution in [-0.4, -0.2) is 8.42 Å². The van der Waals surface area contributed by atoms with Gasteiger partial charge in [-0.1, -0.05) is 30.3 Å². The average molecular weight is 243 g/mol. The van der Waals surface area contributed by atoms with Crippen molar-refractivity contribution < 1.29 is 12.6 Å². The molecule has 0 amide bonds. The predicted octanol–water partition coefficient (Wildman–Crippen LogP) is 2.70. The van der Waals surface area contributed by atoms with Crippen LogP contribution in [0.3, 0.4) is 0 Å². The second kappa shape index (κ2) is 3.72. The zero-order valence-electron chi connectivity index (χ0n) is 7.55. The second-order valence-electron chi connectivity index (χ2n) is 2.99. The predicted molar refractivity (Wildman–Crippen MR) is 59.3 cm³/mol. The summed E-state index contributed by atoms with van der Waals surface area (Å²) in [6.07, 6.45) is 0. The van der Waals surface area contributed by atoms with E-state index in [9.17, 15) is 8.42 Å². The molecule has 0 saturated carbocycles. The summed E-state index contributed by atoms with van der Waals surface area (Å²) in [6.45, 7) is 0. The molecular weight excluding hydrogens is 236 g/mol. The molecule has 0 unspecified atom stereocenters. The molecule has 0 aliphatic carbocycles. The van der Waals surface area contributed by atoms with Crippen LogP contribution in [0.5, 0.6) is 5.75 Å². The lowest BCUT2D eigenvalue weighted by Gasteiger charge is -2.02. The average Bonchev–Trinajstić information content (AvgIpc) is 2.15. The van der Waals surface area contributed by atoms with Crippen LogP contribution in [0.1, 0.15) is 0 Å². The molecule has 0 N–H and O–H groups in total. The molecule has 2 rings (SSSR count). The number of fused-ring (bicyclic) bond motifs is 1. The van der Waals surface area contributed by atoms with Gasteiger partial charge in [0.25, 0.3) is 0 Å². The molecule has 0 atom stereocenters. The summed E-state index contributed by atoms with van der Waals surface area (Å²) in [5, 5.41) is 1.91. The van der Waals surface area contributed by atoms with Gasteiger partial charge in [-0.25, -0.2) is 0 Å². The number of halogens is 1. The van der Waals surface area contributed by atoms with Crippen LogP contribution in [0.2, 0.25) is 0 Å². The lowest BCUT2D eigenvalue weighted by molar-refractivity contribution is 0.504. The van der Waals surface area contributed by atoms with Crippen molar-refractivity contribution in [2.45, 2.75) is 0 Å². The van der Waals surface area contributed by atoms with Gasteiger partial charge in [0.1, 0.15) is 5.75 Å². The van der Waals surface area contributed by atoms with Crippen LogP contribution in [0.4, 0.5) is 0 Å². The Hall–Kier alpha value is -1.26. The third kappa shape index (κ3) is 2.61. The fourth-order valence-electron chi connectivity index (χ4n) is 1.33. The van der Waals surface area contributed by atoms with Gasteiger partial charge >= 0.3 is 9.33 Å². The molecule has 3 nitrogen and oxygen atoms in total. The van der Waals surface area contributed by atoms with E-state index >= 15 is 0 Å². The van der Waals surface area contributed by atoms with Gasteiger partial charge in [-0.3, -0.25) is 0 Å². The maximum atomic E-state index is 10.7. The highest BCUT2D eigenvalue weighted by Crippen LogP contribution is 2.22. The van der Waals surface area contributed by atoms with Crippen molar-refractivity contribution in [2.75, 3.05) is 0 Å². The summed E-state index contributed by atoms with van der Waals surface area (Å²) in [5.74, 6) is 0.212. The van der Waals surface area contributed by atoms with E-state index in [0.29, 0.717) is 0 Å². The van der Waals surface area contributed by atoms with E-state index in [4.69, 9.17) is 10.7 Å². The van der Waals surface area contributed by atoms with Crippen molar-refractivity contribution >= 4 is 30.8 Å². The van der Waals surface area contributed by atoms with Gasteiger partial charge in [0.15, 0.2) is 0 Å². The monoisotopic (exact) mass is 242 g/mol. The van der Waals surface area contributed by atoms with Crippen LogP contribution in [-0.2, 0) is 9.33 Å². The quantitative estimate of drug-likeness (QED) is 0.761. The summed E-state index contributed by atoms with van der Waals surface area (Å²) in [7, 11) is 0.995. The van der Waals surface area contributed by atoms with Crippen LogP contribution in [0.15, 0.2) is 42.5 Å². The van der Waals surface area contributed by atoms with Crippen LogP contribution in [0.25, 0.3) is 10.8 Å². The minimum absolute atomic E-state index is 0.212. The zero-order chi connectivity index (χ0) is 10.9. The normalized spacial score (nSPS) is 11.5. The fourth-order valence-corrected chi connectivity index (χ4v) is 1.89. The minimum Gasteiger partial charge on any atom is -0.371 e. The molecular formula is C10H7ClO3S. The van der Waals surface area contributed by atoms with E-state index in [2.05, 4.69) is 4.18 Å². The highest BCUT2D eigenvalue weighted by atomic mass is 35.7. The van der Waals surface area contributed by atoms with E-state index in [0.717, 1.165) is 10.8 Å². The van der Waals surface area contributed by atoms with Crippen LogP contribution in [0, 0.1) is 0 Å². The molecule has 0 spiro atoms. The fraction of sp³-hybridized carbons (Fsp3) is 0. The SMILES string of the molecule is O=S(=O)(Cl)Oc1ccc2ccccc2c1. The zero-order valence-corrected chi connectivity index (χ0v) is 9.12. The summed E-state index contributed by atoms with van der Waals surface area (Å²) in [4.78, 5) is 0. The van der Waals surface area contributed by atoms with Gasteiger partial charge in [0.2, 0.25) is 0 Å². The smallest absolute Gasteiger partial charge is 0.371 e. The molecule has 0 aromatic heterocycles. The molecule has 0 aliphatic heterocycles. The van der Waals surface area contributed by atoms with Crippen molar-refractivity contribution in [3.05, 3.63) is 42.5 Å². The number of hydrogen-bond acceptors (Lipinski definition) is 3. The van der Waals surface area contributed by atoms with Gasteiger partial charge in [-0.15, -0.1) is 0 Å². The van der Waals surface area contributed by atoms with E-state index in [1.54, 1.807) is 18.2 Å². The van der Waals surface area contributed by atoms with Crippen LogP contribution < -0.4 is 4.18 Å². The Balaban J connectivity index is 2.48. The molecule has 15 heavy (non-hydrogen) atoms. The first-order valence-electron chi connectivity index (χ1n) is 4.17. The Kier molecular flexibility index (Phi) is 2.54. The molecule has 0 saturated heterocycles. The van der Waals surface area contributed by atoms with Crippen molar-refractivity contribution in [2.24, 2.45) is 0 Å². The standard InChI is InChI=1S/C10H7ClO3S/c11-15(12,13)14-10-6-5-8-3-1-2-4-9(8)7-10/h1-7H. The van der Waals surface area contributed by atoms with E-state index < -0.39 is 9.33 Å². The lowest BCUT2D eigenvalue weighted by atomic mass is 10.1. The summed E-state index contributed by atoms with van der Waals surface area (Å²) in [6, 6.07) is 12.5. The van der Waals surface area contributed by atoms with Crippen molar-refractivity contribution in [1.82, 2.24) is 0 Å². The first kappa shape index (κ1) is 10.3. The highest BCUT2D eigenvalue weighted by molar-refractivity contribution is 8.10. The largest absolute Gasteiger partial charge is 0.401 e. The maximum absolute atomic E-state index is 10.7. The van der Waals surface area contributed by atoms with Crippen LogP contribution >= 0.6 is 10.7 Å². The first-order valence-corrected chi connectivity index (χ1v) is 6.41. The third-order valence-corrected chi connectivity index (χ3v) is 2.50. The number of hydrogen-bond donors (Lipinski definition) is 0. The van der Waals surface area contributed by atoms with E-state index in [1.807, 2.05) is 24.3 Å². The summed E-state index contributed by atoms with van der Waals surface area (Å²) in [5.41, 5.74) is 0. The van der Waals surface area contributed by atoms with Gasteiger partial charge in [0.05, 0.1) is 10.7 Å². The van der Waals surface area contributed by atoms with E-state index in [1.165, 1.54) is 0 Å². The first-order chi connectivity index (χ1) is 7.04. The maximum Gasteiger partial charge on any atom is 0.401 e. The Morgan fingerprint density at radius 3 is 2.33 bits per heavy atom. The minimum atomic E-state index is -3.97. The second-order valence-corrected chi connectivity index (χ2v) is 5.07. The molecule has 0 fully saturated rings. The van der Waals surface area contributed by atoms with Gasteiger partial charge in [-0.05, 0) is 22.9 Å². The molecule has 2 aromatic rings. The Bertz CT molecular complexity index is 592. The Morgan fingerprint density at radius 1 is 1.00 bits per heavy atom. The van der Waals surface area contributed by atoms with Gasteiger partial charge < -0.3 is 4.18 Å². The summed E-state index contributed by atoms with van der Waals surface area (Å²) < 4.78 is 25.9. The third-order valence-electron chi connectivity index (χ3n) is 1.92. The lowest BCUT2D eigenvalue weighted by Crippen LogP contribution is -1.99. The van der Waals surface area contributed by atoms with Crippen molar-refractivity contribution in [1.29, 1.82) is 0 Å². The molecule has 5 heteroatoms. The number of benzene rings is 2. The van der Waals surface area contributed by atoms with Crippen molar-refractivity contribution in [3.63, 3.8) is 0 Å². The topological polar surface area (TPSA) is 43.4 Å². The summed E-state index contributed by atoms with van der Waals surface area (Å²) >= 11 is 0. The van der Waals surface area contributed by atoms with Crippen molar-refractivity contribution in [3.8, 4) is 5.75 Å². The van der Waals surface area contributed by atoms with Gasteiger partial charge in [0, 0.05) is 0 Å². The van der Waals surface area contributed by atoms with E-state index in [-0.39, 0.29) is 5.75 Å². The molecule has 0 aliphatic rings. The number of rotatable bonds is 2. The Morgan fingerprint density at radius 2 is 1.67 bits per heavy atom. The molecule has 0 radical (unpaired) electrons.